The van der Waals surface area contributed by atoms with Gasteiger partial charge in [0.15, 0.2) is 0 Å². The number of benzene rings is 1. The van der Waals surface area contributed by atoms with Crippen LogP contribution in [0, 0.1) is 0 Å². The molecule has 7 heteroatoms. The number of ether oxygens (including phenoxy) is 1. The molecule has 1 fully saturated rings. The van der Waals surface area contributed by atoms with Crippen LogP contribution >= 0.6 is 24.8 Å². The fraction of sp³-hybridized carbons (Fsp3) is 0.444. The average molecular weight is 383 g/mol. The summed E-state index contributed by atoms with van der Waals surface area (Å²) in [5, 5.41) is 3.43. The summed E-state index contributed by atoms with van der Waals surface area (Å²) in [5.74, 6) is 1.11. The first kappa shape index (κ1) is 19.9. The molecule has 0 spiro atoms. The van der Waals surface area contributed by atoms with E-state index in [1.807, 2.05) is 6.07 Å². The molecule has 2 aliphatic heterocycles. The fourth-order valence-corrected chi connectivity index (χ4v) is 3.23. The van der Waals surface area contributed by atoms with E-state index in [1.165, 1.54) is 16.8 Å². The minimum Gasteiger partial charge on any atom is -0.370 e. The quantitative estimate of drug-likeness (QED) is 0.879. The number of hydrogen-bond donors (Lipinski definition) is 1. The van der Waals surface area contributed by atoms with Gasteiger partial charge in [0, 0.05) is 31.6 Å². The molecule has 136 valence electrons. The molecular weight excluding hydrogens is 359 g/mol. The monoisotopic (exact) mass is 382 g/mol. The third-order valence-electron chi connectivity index (χ3n) is 4.58. The molecule has 0 saturated carbocycles. The minimum absolute atomic E-state index is 0. The predicted octanol–water partition coefficient (Wildman–Crippen LogP) is 2.41. The lowest BCUT2D eigenvalue weighted by Crippen LogP contribution is -2.53. The van der Waals surface area contributed by atoms with Gasteiger partial charge >= 0.3 is 0 Å². The highest BCUT2D eigenvalue weighted by Gasteiger charge is 2.31. The lowest BCUT2D eigenvalue weighted by atomic mass is 10.1. The van der Waals surface area contributed by atoms with Crippen LogP contribution in [0.2, 0.25) is 0 Å². The molecule has 1 aromatic carbocycles. The molecule has 4 rings (SSSR count). The molecule has 2 aromatic rings. The zero-order valence-electron chi connectivity index (χ0n) is 14.1. The van der Waals surface area contributed by atoms with E-state index in [0.29, 0.717) is 12.7 Å². The number of aromatic nitrogens is 2. The summed E-state index contributed by atoms with van der Waals surface area (Å²) in [6, 6.07) is 10.3. The summed E-state index contributed by atoms with van der Waals surface area (Å²) in [5.41, 5.74) is 3.75. The number of anilines is 1. The lowest BCUT2D eigenvalue weighted by Gasteiger charge is -2.40. The lowest BCUT2D eigenvalue weighted by molar-refractivity contribution is 0.0220. The van der Waals surface area contributed by atoms with E-state index >= 15 is 0 Å². The molecule has 1 N–H and O–H groups in total. The maximum atomic E-state index is 5.99. The Morgan fingerprint density at radius 3 is 2.60 bits per heavy atom. The molecule has 0 unspecified atom stereocenters. The van der Waals surface area contributed by atoms with Crippen molar-refractivity contribution < 1.29 is 4.74 Å². The van der Waals surface area contributed by atoms with E-state index in [2.05, 4.69) is 44.5 Å². The van der Waals surface area contributed by atoms with Gasteiger partial charge in [-0.3, -0.25) is 0 Å². The van der Waals surface area contributed by atoms with E-state index in [9.17, 15) is 0 Å². The zero-order valence-corrected chi connectivity index (χ0v) is 15.7. The Morgan fingerprint density at radius 1 is 1.04 bits per heavy atom. The second-order valence-electron chi connectivity index (χ2n) is 6.20. The van der Waals surface area contributed by atoms with Crippen LogP contribution in [0.25, 0.3) is 0 Å². The van der Waals surface area contributed by atoms with Gasteiger partial charge in [0.2, 0.25) is 0 Å². The Kier molecular flexibility index (Phi) is 7.44. The third kappa shape index (κ3) is 4.61. The number of hydrogen-bond acceptors (Lipinski definition) is 5. The summed E-state index contributed by atoms with van der Waals surface area (Å²) >= 11 is 0. The maximum absolute atomic E-state index is 5.99. The second-order valence-corrected chi connectivity index (χ2v) is 6.20. The van der Waals surface area contributed by atoms with Crippen molar-refractivity contribution in [2.75, 3.05) is 31.1 Å². The van der Waals surface area contributed by atoms with Crippen molar-refractivity contribution in [1.82, 2.24) is 15.3 Å². The Morgan fingerprint density at radius 2 is 1.80 bits per heavy atom. The number of fused-ring (bicyclic) bond motifs is 1. The molecular formula is C18H24Cl2N4O. The highest BCUT2D eigenvalue weighted by Crippen LogP contribution is 2.27. The van der Waals surface area contributed by atoms with Crippen molar-refractivity contribution in [2.45, 2.75) is 25.6 Å². The first-order chi connectivity index (χ1) is 11.4. The van der Waals surface area contributed by atoms with Gasteiger partial charge in [0.05, 0.1) is 18.4 Å². The van der Waals surface area contributed by atoms with Gasteiger partial charge < -0.3 is 15.0 Å². The number of rotatable bonds is 4. The van der Waals surface area contributed by atoms with Crippen LogP contribution in [0.15, 0.2) is 36.7 Å². The standard InChI is InChI=1S/C18H22N4O.2ClH/c1-2-4-14(5-3-1)12-23-15-10-22(11-15)18-16-6-8-19-9-7-17(16)20-13-21-18;;/h1-5,13,15,19H,6-12H2;2*1H. The van der Waals surface area contributed by atoms with Crippen LogP contribution in [0.1, 0.15) is 16.8 Å². The van der Waals surface area contributed by atoms with Gasteiger partial charge in [-0.15, -0.1) is 24.8 Å². The molecule has 2 aliphatic rings. The van der Waals surface area contributed by atoms with E-state index in [-0.39, 0.29) is 24.8 Å². The number of nitrogens with one attached hydrogen (secondary N) is 1. The Hall–Kier alpha value is -1.40. The molecule has 25 heavy (non-hydrogen) atoms. The Bertz CT molecular complexity index is 665. The number of nitrogens with zero attached hydrogens (tertiary/aromatic N) is 3. The van der Waals surface area contributed by atoms with Crippen molar-refractivity contribution in [3.63, 3.8) is 0 Å². The molecule has 0 atom stereocenters. The van der Waals surface area contributed by atoms with Crippen molar-refractivity contribution in [3.05, 3.63) is 53.5 Å². The van der Waals surface area contributed by atoms with Crippen molar-refractivity contribution >= 4 is 30.6 Å². The van der Waals surface area contributed by atoms with Crippen molar-refractivity contribution in [2.24, 2.45) is 0 Å². The van der Waals surface area contributed by atoms with Gasteiger partial charge in [0.1, 0.15) is 12.1 Å². The average Bonchev–Trinajstić information content (AvgIpc) is 2.80. The summed E-state index contributed by atoms with van der Waals surface area (Å²) in [6.07, 6.45) is 4.01. The van der Waals surface area contributed by atoms with Crippen LogP contribution in [-0.4, -0.2) is 42.3 Å². The van der Waals surface area contributed by atoms with Crippen LogP contribution in [0.3, 0.4) is 0 Å². The minimum atomic E-state index is 0. The molecule has 5 nitrogen and oxygen atoms in total. The van der Waals surface area contributed by atoms with Gasteiger partial charge in [0.25, 0.3) is 0 Å². The van der Waals surface area contributed by atoms with Gasteiger partial charge in [-0.2, -0.15) is 0 Å². The highest BCUT2D eigenvalue weighted by atomic mass is 35.5. The zero-order chi connectivity index (χ0) is 15.5. The van der Waals surface area contributed by atoms with E-state index in [1.54, 1.807) is 6.33 Å². The molecule has 0 radical (unpaired) electrons. The van der Waals surface area contributed by atoms with Crippen LogP contribution in [-0.2, 0) is 24.2 Å². The highest BCUT2D eigenvalue weighted by molar-refractivity contribution is 5.85. The Labute approximate surface area is 161 Å². The summed E-state index contributed by atoms with van der Waals surface area (Å²) in [4.78, 5) is 11.3. The number of halogens is 2. The maximum Gasteiger partial charge on any atom is 0.135 e. The van der Waals surface area contributed by atoms with Crippen molar-refractivity contribution in [3.8, 4) is 0 Å². The van der Waals surface area contributed by atoms with Crippen LogP contribution in [0.4, 0.5) is 5.82 Å². The van der Waals surface area contributed by atoms with Gasteiger partial charge in [-0.1, -0.05) is 30.3 Å². The first-order valence-corrected chi connectivity index (χ1v) is 8.34. The topological polar surface area (TPSA) is 50.3 Å². The van der Waals surface area contributed by atoms with Gasteiger partial charge in [-0.25, -0.2) is 9.97 Å². The van der Waals surface area contributed by atoms with E-state index < -0.39 is 0 Å². The Balaban J connectivity index is 0.00000113. The summed E-state index contributed by atoms with van der Waals surface area (Å²) < 4.78 is 5.99. The van der Waals surface area contributed by atoms with Crippen LogP contribution < -0.4 is 10.2 Å². The SMILES string of the molecule is Cl.Cl.c1ccc(COC2CN(c3ncnc4c3CCNCC4)C2)cc1. The molecule has 0 bridgehead atoms. The van der Waals surface area contributed by atoms with Crippen molar-refractivity contribution in [1.29, 1.82) is 0 Å². The summed E-state index contributed by atoms with van der Waals surface area (Å²) in [7, 11) is 0. The summed E-state index contributed by atoms with van der Waals surface area (Å²) in [6.45, 7) is 4.54. The second kappa shape index (κ2) is 9.34. The first-order valence-electron chi connectivity index (χ1n) is 8.34. The van der Waals surface area contributed by atoms with Gasteiger partial charge in [-0.05, 0) is 18.5 Å². The fourth-order valence-electron chi connectivity index (χ4n) is 3.23. The largest absolute Gasteiger partial charge is 0.370 e. The predicted molar refractivity (Wildman–Crippen MR) is 104 cm³/mol. The molecule has 0 aliphatic carbocycles. The van der Waals surface area contributed by atoms with Crippen LogP contribution in [0.5, 0.6) is 0 Å². The van der Waals surface area contributed by atoms with E-state index in [4.69, 9.17) is 4.74 Å². The molecule has 0 amide bonds. The molecule has 3 heterocycles. The normalized spacial score (nSPS) is 16.7. The third-order valence-corrected chi connectivity index (χ3v) is 4.58. The molecule has 1 aromatic heterocycles. The van der Waals surface area contributed by atoms with E-state index in [0.717, 1.165) is 44.8 Å². The molecule has 1 saturated heterocycles. The smallest absolute Gasteiger partial charge is 0.135 e.